The highest BCUT2D eigenvalue weighted by Crippen LogP contribution is 2.35. The lowest BCUT2D eigenvalue weighted by atomic mass is 9.99. The Hall–Kier alpha value is -3.39. The van der Waals surface area contributed by atoms with E-state index in [-0.39, 0.29) is 58.4 Å². The Labute approximate surface area is 225 Å². The van der Waals surface area contributed by atoms with Crippen LogP contribution in [0.2, 0.25) is 0 Å². The largest absolute Gasteiger partial charge is 0.486 e. The van der Waals surface area contributed by atoms with E-state index in [0.29, 0.717) is 0 Å². The highest BCUT2D eigenvalue weighted by molar-refractivity contribution is 7.91. The summed E-state index contributed by atoms with van der Waals surface area (Å²) in [5, 5.41) is 14.3. The number of nitrogens with one attached hydrogen (secondary N) is 1. The van der Waals surface area contributed by atoms with Gasteiger partial charge >= 0.3 is 0 Å². The topological polar surface area (TPSA) is 142 Å². The first-order valence-electron chi connectivity index (χ1n) is 11.9. The maximum Gasteiger partial charge on any atom is 0.275 e. The lowest BCUT2D eigenvalue weighted by Gasteiger charge is -2.38. The van der Waals surface area contributed by atoms with Crippen LogP contribution >= 0.6 is 11.3 Å². The summed E-state index contributed by atoms with van der Waals surface area (Å²) in [7, 11) is -2.28. The number of hydrogen-bond donors (Lipinski definition) is 2. The van der Waals surface area contributed by atoms with Crippen LogP contribution in [-0.2, 0) is 10.0 Å². The van der Waals surface area contributed by atoms with Gasteiger partial charge in [-0.25, -0.2) is 13.4 Å². The van der Waals surface area contributed by atoms with Gasteiger partial charge in [-0.3, -0.25) is 14.6 Å². The lowest BCUT2D eigenvalue weighted by Crippen LogP contribution is -2.50. The molecule has 0 aliphatic carbocycles. The third-order valence-electron chi connectivity index (χ3n) is 6.33. The number of likely N-dealkylation sites (N-methyl/N-ethyl adjacent to an activating group) is 1. The van der Waals surface area contributed by atoms with Crippen LogP contribution < -0.4 is 10.1 Å². The van der Waals surface area contributed by atoms with E-state index < -0.39 is 28.1 Å². The molecular weight excluding hydrogens is 530 g/mol. The fraction of sp³-hybridized carbons (Fsp3) is 0.360. The maximum absolute atomic E-state index is 13.6. The molecule has 4 rings (SSSR count). The zero-order valence-electron chi connectivity index (χ0n) is 21.1. The van der Waals surface area contributed by atoms with Crippen molar-refractivity contribution in [2.75, 3.05) is 32.1 Å². The van der Waals surface area contributed by atoms with Gasteiger partial charge in [-0.15, -0.1) is 11.3 Å². The van der Waals surface area contributed by atoms with Gasteiger partial charge in [0.05, 0.1) is 36.6 Å². The summed E-state index contributed by atoms with van der Waals surface area (Å²) in [5.41, 5.74) is 0.485. The number of hydrogen-bond acceptors (Lipinski definition) is 9. The van der Waals surface area contributed by atoms with E-state index in [4.69, 9.17) is 4.74 Å². The van der Waals surface area contributed by atoms with Gasteiger partial charge in [-0.2, -0.15) is 4.31 Å². The van der Waals surface area contributed by atoms with Crippen LogP contribution in [-0.4, -0.2) is 83.4 Å². The van der Waals surface area contributed by atoms with E-state index in [1.165, 1.54) is 36.0 Å². The van der Waals surface area contributed by atoms with Crippen molar-refractivity contribution >= 4 is 38.9 Å². The van der Waals surface area contributed by atoms with Gasteiger partial charge in [0.15, 0.2) is 5.75 Å². The minimum atomic E-state index is -3.76. The second kappa shape index (κ2) is 11.6. The third-order valence-corrected chi connectivity index (χ3v) is 9.53. The standard InChI is InChI=1S/C25H29N5O6S2/c1-16-13-30(17(2)15-31)25(33)18-6-4-7-19(28-24(32)20-12-26-9-10-27-20)23(18)36-21(16)14-29(3)38(34,35)22-8-5-11-37-22/h4-12,16-17,21,31H,13-15H2,1-3H3,(H,28,32)/t16-,17+,21+/m0/s1. The molecule has 1 aliphatic heterocycles. The number of amides is 2. The maximum atomic E-state index is 13.6. The quantitative estimate of drug-likeness (QED) is 0.428. The van der Waals surface area contributed by atoms with E-state index >= 15 is 0 Å². The van der Waals surface area contributed by atoms with Gasteiger partial charge in [0.1, 0.15) is 16.0 Å². The second-order valence-electron chi connectivity index (χ2n) is 9.07. The van der Waals surface area contributed by atoms with E-state index in [0.717, 1.165) is 11.3 Å². The van der Waals surface area contributed by atoms with Crippen molar-refractivity contribution in [3.8, 4) is 5.75 Å². The first-order chi connectivity index (χ1) is 18.1. The number of carbonyl (C=O) groups excluding carboxylic acids is 2. The highest BCUT2D eigenvalue weighted by atomic mass is 32.2. The smallest absolute Gasteiger partial charge is 0.275 e. The number of fused-ring (bicyclic) bond motifs is 1. The fourth-order valence-electron chi connectivity index (χ4n) is 4.08. The third kappa shape index (κ3) is 5.70. The zero-order chi connectivity index (χ0) is 27.4. The van der Waals surface area contributed by atoms with Crippen LogP contribution in [0.4, 0.5) is 5.69 Å². The average molecular weight is 560 g/mol. The number of carbonyl (C=O) groups is 2. The predicted octanol–water partition coefficient (Wildman–Crippen LogP) is 2.33. The van der Waals surface area contributed by atoms with Crippen LogP contribution in [0.25, 0.3) is 0 Å². The van der Waals surface area contributed by atoms with Gasteiger partial charge in [0.25, 0.3) is 21.8 Å². The summed E-state index contributed by atoms with van der Waals surface area (Å²) >= 11 is 1.12. The molecule has 202 valence electrons. The molecule has 2 aromatic heterocycles. The number of benzene rings is 1. The molecule has 2 N–H and O–H groups in total. The summed E-state index contributed by atoms with van der Waals surface area (Å²) in [6.45, 7) is 3.55. The minimum absolute atomic E-state index is 0.0111. The van der Waals surface area contributed by atoms with E-state index in [1.54, 1.807) is 41.5 Å². The van der Waals surface area contributed by atoms with Gasteiger partial charge in [-0.05, 0) is 30.5 Å². The van der Waals surface area contributed by atoms with Crippen LogP contribution in [0.15, 0.2) is 58.5 Å². The summed E-state index contributed by atoms with van der Waals surface area (Å²) in [5.74, 6) is -1.14. The number of para-hydroxylation sites is 1. The van der Waals surface area contributed by atoms with Gasteiger partial charge < -0.3 is 20.1 Å². The first-order valence-corrected chi connectivity index (χ1v) is 14.2. The number of aliphatic hydroxyl groups excluding tert-OH is 1. The van der Waals surface area contributed by atoms with Crippen LogP contribution in [0.3, 0.4) is 0 Å². The predicted molar refractivity (Wildman–Crippen MR) is 142 cm³/mol. The molecule has 13 heteroatoms. The molecule has 0 saturated heterocycles. The van der Waals surface area contributed by atoms with Crippen LogP contribution in [0.1, 0.15) is 34.7 Å². The number of rotatable bonds is 8. The molecule has 0 bridgehead atoms. The van der Waals surface area contributed by atoms with Gasteiger partial charge in [-0.1, -0.05) is 19.1 Å². The molecule has 38 heavy (non-hydrogen) atoms. The number of aliphatic hydroxyl groups is 1. The van der Waals surface area contributed by atoms with Gasteiger partial charge in [0.2, 0.25) is 0 Å². The average Bonchev–Trinajstić information content (AvgIpc) is 3.47. The number of ether oxygens (including phenoxy) is 1. The number of nitrogens with zero attached hydrogens (tertiary/aromatic N) is 4. The van der Waals surface area contributed by atoms with Crippen LogP contribution in [0.5, 0.6) is 5.75 Å². The Morgan fingerprint density at radius 3 is 2.76 bits per heavy atom. The molecule has 0 saturated carbocycles. The summed E-state index contributed by atoms with van der Waals surface area (Å²) < 4.78 is 34.1. The molecule has 1 aromatic carbocycles. The van der Waals surface area contributed by atoms with Crippen molar-refractivity contribution in [2.24, 2.45) is 5.92 Å². The number of sulfonamides is 1. The molecular formula is C25H29N5O6S2. The zero-order valence-corrected chi connectivity index (χ0v) is 22.8. The Bertz CT molecular complexity index is 1380. The fourth-order valence-corrected chi connectivity index (χ4v) is 6.46. The molecule has 0 radical (unpaired) electrons. The number of anilines is 1. The Morgan fingerprint density at radius 1 is 1.32 bits per heavy atom. The molecule has 3 atom stereocenters. The first kappa shape index (κ1) is 27.6. The monoisotopic (exact) mass is 559 g/mol. The van der Waals surface area contributed by atoms with Crippen molar-refractivity contribution < 1.29 is 27.9 Å². The lowest BCUT2D eigenvalue weighted by molar-refractivity contribution is 0.0388. The molecule has 0 spiro atoms. The van der Waals surface area contributed by atoms with E-state index in [2.05, 4.69) is 15.3 Å². The molecule has 2 amide bonds. The molecule has 3 aromatic rings. The number of thiophene rings is 1. The molecule has 0 fully saturated rings. The Balaban J connectivity index is 1.73. The summed E-state index contributed by atoms with van der Waals surface area (Å²) in [6.07, 6.45) is 3.46. The van der Waals surface area contributed by atoms with Crippen molar-refractivity contribution in [1.82, 2.24) is 19.2 Å². The van der Waals surface area contributed by atoms with Crippen molar-refractivity contribution in [3.05, 3.63) is 65.6 Å². The Kier molecular flexibility index (Phi) is 8.41. The number of aromatic nitrogens is 2. The van der Waals surface area contributed by atoms with E-state index in [1.807, 2.05) is 6.92 Å². The molecule has 3 heterocycles. The summed E-state index contributed by atoms with van der Waals surface area (Å²) in [4.78, 5) is 35.9. The van der Waals surface area contributed by atoms with Crippen molar-refractivity contribution in [3.63, 3.8) is 0 Å². The Morgan fingerprint density at radius 2 is 2.11 bits per heavy atom. The second-order valence-corrected chi connectivity index (χ2v) is 12.3. The molecule has 1 aliphatic rings. The minimum Gasteiger partial charge on any atom is -0.486 e. The normalized spacial score (nSPS) is 18.8. The van der Waals surface area contributed by atoms with E-state index in [9.17, 15) is 23.1 Å². The molecule has 11 nitrogen and oxygen atoms in total. The summed E-state index contributed by atoms with van der Waals surface area (Å²) in [6, 6.07) is 7.49. The van der Waals surface area contributed by atoms with Crippen molar-refractivity contribution in [2.45, 2.75) is 30.2 Å². The van der Waals surface area contributed by atoms with Crippen molar-refractivity contribution in [1.29, 1.82) is 0 Å². The van der Waals surface area contributed by atoms with Gasteiger partial charge in [0, 0.05) is 31.9 Å². The van der Waals surface area contributed by atoms with Crippen LogP contribution in [0, 0.1) is 5.92 Å². The SMILES string of the molecule is C[C@H](CO)N1C[C@H](C)[C@@H](CN(C)S(=O)(=O)c2cccs2)Oc2c(NC(=O)c3cnccn3)cccc2C1=O. The highest BCUT2D eigenvalue weighted by Gasteiger charge is 2.36. The molecule has 0 unspecified atom stereocenters.